The van der Waals surface area contributed by atoms with E-state index in [1.165, 1.54) is 18.8 Å². The molecule has 28 heavy (non-hydrogen) atoms. The Morgan fingerprint density at radius 3 is 3.04 bits per heavy atom. The number of thiol groups is 1. The normalized spacial score (nSPS) is 17.6. The maximum Gasteiger partial charge on any atom is 0.279 e. The van der Waals surface area contributed by atoms with Gasteiger partial charge in [0.15, 0.2) is 0 Å². The number of nitrogens with one attached hydrogen (secondary N) is 3. The molecule has 0 aliphatic carbocycles. The molecule has 0 bridgehead atoms. The minimum absolute atomic E-state index is 0.385. The van der Waals surface area contributed by atoms with Gasteiger partial charge in [0.05, 0.1) is 23.3 Å². The van der Waals surface area contributed by atoms with Crippen LogP contribution in [0.25, 0.3) is 17.5 Å². The van der Waals surface area contributed by atoms with E-state index in [0.717, 1.165) is 44.2 Å². The zero-order valence-corrected chi connectivity index (χ0v) is 16.2. The van der Waals surface area contributed by atoms with Crippen LogP contribution in [0.3, 0.4) is 0 Å². The number of H-pyrrole nitrogens is 1. The summed E-state index contributed by atoms with van der Waals surface area (Å²) in [6, 6.07) is 2.31. The van der Waals surface area contributed by atoms with Gasteiger partial charge in [-0.2, -0.15) is 0 Å². The summed E-state index contributed by atoms with van der Waals surface area (Å²) in [4.78, 5) is 18.2. The Labute approximate surface area is 167 Å². The Morgan fingerprint density at radius 2 is 2.25 bits per heavy atom. The van der Waals surface area contributed by atoms with Gasteiger partial charge < -0.3 is 9.88 Å². The summed E-state index contributed by atoms with van der Waals surface area (Å²) >= 11 is 4.08. The van der Waals surface area contributed by atoms with Crippen molar-refractivity contribution in [3.63, 3.8) is 0 Å². The lowest BCUT2D eigenvalue weighted by molar-refractivity contribution is 0.226. The number of alkyl halides is 2. The maximum absolute atomic E-state index is 12.4. The first kappa shape index (κ1) is 20.4. The predicted molar refractivity (Wildman–Crippen MR) is 109 cm³/mol. The van der Waals surface area contributed by atoms with Crippen LogP contribution >= 0.6 is 12.8 Å². The van der Waals surface area contributed by atoms with E-state index >= 15 is 0 Å². The number of nitrogens with zero attached hydrogens (tertiary/aromatic N) is 4. The molecule has 1 saturated heterocycles. The van der Waals surface area contributed by atoms with Crippen LogP contribution in [0.15, 0.2) is 24.7 Å². The molecule has 1 unspecified atom stereocenters. The van der Waals surface area contributed by atoms with Crippen molar-refractivity contribution < 1.29 is 8.78 Å². The minimum atomic E-state index is -2.80. The first-order valence-electron chi connectivity index (χ1n) is 9.14. The molecule has 2 aromatic heterocycles. The van der Waals surface area contributed by atoms with Crippen LogP contribution < -0.4 is 9.62 Å². The van der Waals surface area contributed by atoms with Gasteiger partial charge in [-0.25, -0.2) is 23.7 Å². The van der Waals surface area contributed by atoms with Crippen LogP contribution in [0.2, 0.25) is 0 Å². The van der Waals surface area contributed by atoms with Crippen LogP contribution in [0.4, 0.5) is 14.6 Å². The molecule has 10 heteroatoms. The lowest BCUT2D eigenvalue weighted by Gasteiger charge is -2.36. The molecule has 1 aliphatic rings. The fraction of sp³-hybridized carbons (Fsp3) is 0.444. The molecule has 3 rings (SSSR count). The standard InChI is InChI=1S/C18H23F2N7S/c19-18(20)13(21)4-5-16-22-10-15(26-16)14-9-17(24-11-23-14)27-8-2-1-3-12(27)6-7-25-28/h4-5,9-12,18,21,25,28H,1-3,6-8H2,(H,22,26)/b5-4-,21-13?. The van der Waals surface area contributed by atoms with Gasteiger partial charge >= 0.3 is 0 Å². The molecular formula is C18H23F2N7S. The first-order chi connectivity index (χ1) is 13.6. The number of hydrogen-bond acceptors (Lipinski definition) is 7. The van der Waals surface area contributed by atoms with Crippen molar-refractivity contribution in [2.24, 2.45) is 0 Å². The molecule has 7 nitrogen and oxygen atoms in total. The van der Waals surface area contributed by atoms with Crippen LogP contribution in [0.5, 0.6) is 0 Å². The monoisotopic (exact) mass is 407 g/mol. The molecule has 0 radical (unpaired) electrons. The molecule has 3 N–H and O–H groups in total. The highest BCUT2D eigenvalue weighted by molar-refractivity contribution is 7.78. The summed E-state index contributed by atoms with van der Waals surface area (Å²) < 4.78 is 27.7. The van der Waals surface area contributed by atoms with Crippen molar-refractivity contribution in [1.29, 1.82) is 5.41 Å². The van der Waals surface area contributed by atoms with E-state index in [1.54, 1.807) is 6.20 Å². The van der Waals surface area contributed by atoms with Gasteiger partial charge in [0.2, 0.25) is 0 Å². The zero-order valence-electron chi connectivity index (χ0n) is 15.3. The molecule has 1 aliphatic heterocycles. The molecular weight excluding hydrogens is 384 g/mol. The highest BCUT2D eigenvalue weighted by Crippen LogP contribution is 2.27. The highest BCUT2D eigenvalue weighted by Gasteiger charge is 2.23. The number of hydrogen-bond donors (Lipinski definition) is 4. The van der Waals surface area contributed by atoms with Crippen molar-refractivity contribution in [2.45, 2.75) is 38.2 Å². The van der Waals surface area contributed by atoms with E-state index in [0.29, 0.717) is 23.3 Å². The fourth-order valence-corrected chi connectivity index (χ4v) is 3.41. The van der Waals surface area contributed by atoms with E-state index in [-0.39, 0.29) is 0 Å². The van der Waals surface area contributed by atoms with Gasteiger partial charge in [-0.15, -0.1) is 0 Å². The second-order valence-corrected chi connectivity index (χ2v) is 6.89. The average Bonchev–Trinajstić information content (AvgIpc) is 3.20. The third-order valence-corrected chi connectivity index (χ3v) is 4.91. The van der Waals surface area contributed by atoms with Gasteiger partial charge in [0, 0.05) is 25.2 Å². The van der Waals surface area contributed by atoms with E-state index in [2.05, 4.69) is 42.4 Å². The smallest absolute Gasteiger partial charge is 0.279 e. The minimum Gasteiger partial charge on any atom is -0.353 e. The Bertz CT molecular complexity index is 824. The fourth-order valence-electron chi connectivity index (χ4n) is 3.28. The molecule has 150 valence electrons. The van der Waals surface area contributed by atoms with Gasteiger partial charge in [-0.05, 0) is 37.8 Å². The molecule has 3 heterocycles. The van der Waals surface area contributed by atoms with E-state index in [4.69, 9.17) is 5.41 Å². The van der Waals surface area contributed by atoms with Crippen molar-refractivity contribution in [3.05, 3.63) is 30.5 Å². The largest absolute Gasteiger partial charge is 0.353 e. The van der Waals surface area contributed by atoms with Crippen molar-refractivity contribution in [3.8, 4) is 11.4 Å². The molecule has 1 atom stereocenters. The molecule has 1 fully saturated rings. The number of halogens is 2. The number of aromatic nitrogens is 4. The second-order valence-electron chi connectivity index (χ2n) is 6.57. The summed E-state index contributed by atoms with van der Waals surface area (Å²) in [6.07, 6.45) is 7.13. The first-order valence-corrected chi connectivity index (χ1v) is 9.59. The molecule has 0 spiro atoms. The van der Waals surface area contributed by atoms with Crippen LogP contribution in [-0.4, -0.2) is 51.2 Å². The molecule has 2 aromatic rings. The Hall–Kier alpha value is -2.33. The molecule has 0 saturated carbocycles. The number of rotatable bonds is 8. The van der Waals surface area contributed by atoms with Gasteiger partial charge in [-0.3, -0.25) is 10.1 Å². The number of aromatic amines is 1. The topological polar surface area (TPSA) is 93.6 Å². The summed E-state index contributed by atoms with van der Waals surface area (Å²) in [5, 5.41) is 7.16. The average molecular weight is 407 g/mol. The van der Waals surface area contributed by atoms with Crippen molar-refractivity contribution >= 4 is 30.4 Å². The van der Waals surface area contributed by atoms with E-state index in [9.17, 15) is 8.78 Å². The second kappa shape index (κ2) is 9.74. The van der Waals surface area contributed by atoms with Gasteiger partial charge in [0.25, 0.3) is 6.43 Å². The number of anilines is 1. The third-order valence-electron chi connectivity index (χ3n) is 4.69. The number of imidazole rings is 1. The zero-order chi connectivity index (χ0) is 19.9. The summed E-state index contributed by atoms with van der Waals surface area (Å²) in [7, 11) is 0. The van der Waals surface area contributed by atoms with Crippen LogP contribution in [0, 0.1) is 5.41 Å². The van der Waals surface area contributed by atoms with Gasteiger partial charge in [-0.1, -0.05) is 12.8 Å². The summed E-state index contributed by atoms with van der Waals surface area (Å²) in [5.41, 5.74) is 0.587. The van der Waals surface area contributed by atoms with Crippen LogP contribution in [0.1, 0.15) is 31.5 Å². The third kappa shape index (κ3) is 5.14. The van der Waals surface area contributed by atoms with E-state index < -0.39 is 12.1 Å². The summed E-state index contributed by atoms with van der Waals surface area (Å²) in [5.74, 6) is 1.25. The Balaban J connectivity index is 1.77. The number of allylic oxidation sites excluding steroid dienone is 1. The predicted octanol–water partition coefficient (Wildman–Crippen LogP) is 3.35. The SMILES string of the molecule is N=C(/C=C\c1ncc(-c2cc(N3CCCCC3CCNS)ncn2)[nH]1)C(F)F. The van der Waals surface area contributed by atoms with Gasteiger partial charge in [0.1, 0.15) is 18.0 Å². The Morgan fingerprint density at radius 1 is 1.39 bits per heavy atom. The van der Waals surface area contributed by atoms with Crippen molar-refractivity contribution in [1.82, 2.24) is 24.7 Å². The lowest BCUT2D eigenvalue weighted by Crippen LogP contribution is -2.41. The number of piperidine rings is 1. The summed E-state index contributed by atoms with van der Waals surface area (Å²) in [6.45, 7) is 1.77. The quantitative estimate of drug-likeness (QED) is 0.398. The van der Waals surface area contributed by atoms with E-state index in [1.807, 2.05) is 6.07 Å². The maximum atomic E-state index is 12.4. The lowest BCUT2D eigenvalue weighted by atomic mass is 9.99. The van der Waals surface area contributed by atoms with Crippen LogP contribution in [-0.2, 0) is 0 Å². The van der Waals surface area contributed by atoms with Crippen molar-refractivity contribution in [2.75, 3.05) is 18.0 Å². The molecule has 0 amide bonds. The highest BCUT2D eigenvalue weighted by atomic mass is 32.1. The Kier molecular flexibility index (Phi) is 7.10. The molecule has 0 aromatic carbocycles.